The van der Waals surface area contributed by atoms with Gasteiger partial charge in [0.05, 0.1) is 5.92 Å². The maximum absolute atomic E-state index is 12.7. The Morgan fingerprint density at radius 3 is 2.79 bits per heavy atom. The lowest BCUT2D eigenvalue weighted by Gasteiger charge is -2.33. The van der Waals surface area contributed by atoms with E-state index < -0.39 is 12.1 Å². The molecule has 106 valence electrons. The van der Waals surface area contributed by atoms with Gasteiger partial charge in [0.1, 0.15) is 0 Å². The molecule has 0 aromatic carbocycles. The molecule has 0 radical (unpaired) electrons. The average Bonchev–Trinajstić information content (AvgIpc) is 2.38. The van der Waals surface area contributed by atoms with Gasteiger partial charge in [-0.15, -0.1) is 0 Å². The molecule has 2 heterocycles. The van der Waals surface area contributed by atoms with Crippen molar-refractivity contribution in [2.75, 3.05) is 18.0 Å². The first kappa shape index (κ1) is 14.0. The summed E-state index contributed by atoms with van der Waals surface area (Å²) in [6.07, 6.45) is -1.87. The Morgan fingerprint density at radius 1 is 1.47 bits per heavy atom. The highest BCUT2D eigenvalue weighted by Gasteiger charge is 2.42. The summed E-state index contributed by atoms with van der Waals surface area (Å²) in [5, 5.41) is 0. The van der Waals surface area contributed by atoms with E-state index in [-0.39, 0.29) is 13.0 Å². The van der Waals surface area contributed by atoms with Gasteiger partial charge in [-0.05, 0) is 19.8 Å². The minimum Gasteiger partial charge on any atom is -0.340 e. The number of hydrogen-bond acceptors (Lipinski definition) is 4. The Kier molecular flexibility index (Phi) is 3.93. The number of piperidine rings is 1. The molecule has 19 heavy (non-hydrogen) atoms. The van der Waals surface area contributed by atoms with Crippen LogP contribution in [0.2, 0.25) is 0 Å². The Bertz CT molecular complexity index is 447. The van der Waals surface area contributed by atoms with Gasteiger partial charge >= 0.3 is 6.18 Å². The van der Waals surface area contributed by atoms with Gasteiger partial charge in [0.15, 0.2) is 0 Å². The van der Waals surface area contributed by atoms with Crippen LogP contribution in [0, 0.1) is 12.8 Å². The summed E-state index contributed by atoms with van der Waals surface area (Å²) >= 11 is 0. The number of hydrogen-bond donors (Lipinski definition) is 1. The van der Waals surface area contributed by atoms with Crippen LogP contribution in [-0.2, 0) is 6.54 Å². The maximum atomic E-state index is 12.7. The van der Waals surface area contributed by atoms with Crippen molar-refractivity contribution in [2.24, 2.45) is 11.7 Å². The highest BCUT2D eigenvalue weighted by atomic mass is 19.4. The summed E-state index contributed by atoms with van der Waals surface area (Å²) in [5.74, 6) is -0.928. The Morgan fingerprint density at radius 2 is 2.21 bits per heavy atom. The van der Waals surface area contributed by atoms with Gasteiger partial charge in [-0.1, -0.05) is 0 Å². The van der Waals surface area contributed by atoms with Crippen LogP contribution >= 0.6 is 0 Å². The molecule has 1 aromatic rings. The summed E-state index contributed by atoms with van der Waals surface area (Å²) in [6.45, 7) is 2.62. The molecular weight excluding hydrogens is 257 g/mol. The standard InChI is InChI=1S/C12H17F3N4/c1-8-9(5-16)6-17-11(18-8)19-4-2-3-10(7-19)12(13,14)15/h6,10H,2-5,7,16H2,1H3. The summed E-state index contributed by atoms with van der Waals surface area (Å²) in [7, 11) is 0. The van der Waals surface area contributed by atoms with Gasteiger partial charge < -0.3 is 10.6 Å². The first-order chi connectivity index (χ1) is 8.91. The Hall–Kier alpha value is -1.37. The van der Waals surface area contributed by atoms with Crippen molar-refractivity contribution in [3.05, 3.63) is 17.5 Å². The number of aromatic nitrogens is 2. The third kappa shape index (κ3) is 3.15. The molecule has 2 N–H and O–H groups in total. The molecular formula is C12H17F3N4. The third-order valence-corrected chi connectivity index (χ3v) is 3.46. The average molecular weight is 274 g/mol. The minimum absolute atomic E-state index is 0.0646. The predicted octanol–water partition coefficient (Wildman–Crippen LogP) is 2.02. The molecule has 0 aliphatic carbocycles. The van der Waals surface area contributed by atoms with E-state index in [2.05, 4.69) is 9.97 Å². The predicted molar refractivity (Wildman–Crippen MR) is 65.7 cm³/mol. The van der Waals surface area contributed by atoms with E-state index in [1.54, 1.807) is 18.0 Å². The molecule has 1 atom stereocenters. The van der Waals surface area contributed by atoms with Gasteiger partial charge in [-0.3, -0.25) is 0 Å². The van der Waals surface area contributed by atoms with Crippen LogP contribution < -0.4 is 10.6 Å². The van der Waals surface area contributed by atoms with Gasteiger partial charge in [-0.2, -0.15) is 13.2 Å². The van der Waals surface area contributed by atoms with Crippen molar-refractivity contribution >= 4 is 5.95 Å². The second-order valence-corrected chi connectivity index (χ2v) is 4.81. The number of nitrogens with two attached hydrogens (primary N) is 1. The maximum Gasteiger partial charge on any atom is 0.393 e. The van der Waals surface area contributed by atoms with Gasteiger partial charge in [-0.25, -0.2) is 9.97 Å². The zero-order valence-corrected chi connectivity index (χ0v) is 10.7. The minimum atomic E-state index is -4.15. The summed E-state index contributed by atoms with van der Waals surface area (Å²) in [6, 6.07) is 0. The van der Waals surface area contributed by atoms with Crippen LogP contribution in [0.15, 0.2) is 6.20 Å². The van der Waals surface area contributed by atoms with Crippen LogP contribution in [0.1, 0.15) is 24.1 Å². The van der Waals surface area contributed by atoms with Gasteiger partial charge in [0.25, 0.3) is 0 Å². The lowest BCUT2D eigenvalue weighted by molar-refractivity contribution is -0.176. The number of aryl methyl sites for hydroxylation is 1. The van der Waals surface area contributed by atoms with Gasteiger partial charge in [0, 0.05) is 37.1 Å². The summed E-state index contributed by atoms with van der Waals surface area (Å²) in [4.78, 5) is 9.98. The fraction of sp³-hybridized carbons (Fsp3) is 0.667. The zero-order chi connectivity index (χ0) is 14.0. The molecule has 1 saturated heterocycles. The second-order valence-electron chi connectivity index (χ2n) is 4.81. The molecule has 0 saturated carbocycles. The van der Waals surface area contributed by atoms with E-state index in [0.29, 0.717) is 25.5 Å². The fourth-order valence-corrected chi connectivity index (χ4v) is 2.26. The molecule has 1 unspecified atom stereocenters. The van der Waals surface area contributed by atoms with Crippen molar-refractivity contribution in [2.45, 2.75) is 32.5 Å². The third-order valence-electron chi connectivity index (χ3n) is 3.46. The fourth-order valence-electron chi connectivity index (χ4n) is 2.26. The SMILES string of the molecule is Cc1nc(N2CCCC(C(F)(F)F)C2)ncc1CN. The molecule has 1 aliphatic heterocycles. The molecule has 0 bridgehead atoms. The molecule has 7 heteroatoms. The normalized spacial score (nSPS) is 20.7. The van der Waals surface area contributed by atoms with Crippen LogP contribution in [0.4, 0.5) is 19.1 Å². The van der Waals surface area contributed by atoms with Crippen molar-refractivity contribution in [3.8, 4) is 0 Å². The first-order valence-corrected chi connectivity index (χ1v) is 6.26. The number of nitrogens with zero attached hydrogens (tertiary/aromatic N) is 3. The van der Waals surface area contributed by atoms with Crippen molar-refractivity contribution in [3.63, 3.8) is 0 Å². The number of halogens is 3. The largest absolute Gasteiger partial charge is 0.393 e. The van der Waals surface area contributed by atoms with E-state index in [9.17, 15) is 13.2 Å². The van der Waals surface area contributed by atoms with Crippen molar-refractivity contribution in [1.82, 2.24) is 9.97 Å². The Balaban J connectivity index is 2.15. The van der Waals surface area contributed by atoms with Crippen LogP contribution in [0.3, 0.4) is 0 Å². The van der Waals surface area contributed by atoms with E-state index in [4.69, 9.17) is 5.73 Å². The van der Waals surface area contributed by atoms with E-state index >= 15 is 0 Å². The number of rotatable bonds is 2. The molecule has 1 fully saturated rings. The van der Waals surface area contributed by atoms with Gasteiger partial charge in [0.2, 0.25) is 5.95 Å². The summed E-state index contributed by atoms with van der Waals surface area (Å²) in [5.41, 5.74) is 7.05. The van der Waals surface area contributed by atoms with E-state index in [0.717, 1.165) is 11.3 Å². The van der Waals surface area contributed by atoms with E-state index in [1.807, 2.05) is 0 Å². The monoisotopic (exact) mass is 274 g/mol. The van der Waals surface area contributed by atoms with Crippen molar-refractivity contribution < 1.29 is 13.2 Å². The van der Waals surface area contributed by atoms with Crippen LogP contribution in [0.5, 0.6) is 0 Å². The number of alkyl halides is 3. The highest BCUT2D eigenvalue weighted by molar-refractivity contribution is 5.33. The second kappa shape index (κ2) is 5.32. The van der Waals surface area contributed by atoms with Crippen molar-refractivity contribution in [1.29, 1.82) is 0 Å². The molecule has 2 rings (SSSR count). The molecule has 1 aromatic heterocycles. The van der Waals surface area contributed by atoms with Crippen LogP contribution in [0.25, 0.3) is 0 Å². The zero-order valence-electron chi connectivity index (χ0n) is 10.7. The Labute approximate surface area is 109 Å². The highest BCUT2D eigenvalue weighted by Crippen LogP contribution is 2.34. The topological polar surface area (TPSA) is 55.0 Å². The molecule has 0 amide bonds. The van der Waals surface area contributed by atoms with Crippen LogP contribution in [-0.4, -0.2) is 29.2 Å². The quantitative estimate of drug-likeness (QED) is 0.896. The lowest BCUT2D eigenvalue weighted by atomic mass is 9.98. The summed E-state index contributed by atoms with van der Waals surface area (Å²) < 4.78 is 38.2. The molecule has 0 spiro atoms. The number of anilines is 1. The van der Waals surface area contributed by atoms with E-state index in [1.165, 1.54) is 0 Å². The molecule has 1 aliphatic rings. The first-order valence-electron chi connectivity index (χ1n) is 6.26. The lowest BCUT2D eigenvalue weighted by Crippen LogP contribution is -2.42. The smallest absolute Gasteiger partial charge is 0.340 e. The molecule has 4 nitrogen and oxygen atoms in total.